The van der Waals surface area contributed by atoms with Gasteiger partial charge in [-0.05, 0) is 51.2 Å². The Balaban J connectivity index is 0.000000224. The van der Waals surface area contributed by atoms with Crippen LogP contribution in [0, 0.1) is 12.7 Å². The molecule has 0 aromatic heterocycles. The number of hydrogen-bond donors (Lipinski definition) is 1. The molecule has 0 saturated carbocycles. The number of nitrogens with one attached hydrogen (secondary N) is 1. The van der Waals surface area contributed by atoms with E-state index >= 15 is 0 Å². The van der Waals surface area contributed by atoms with Crippen LogP contribution < -0.4 is 10.1 Å². The van der Waals surface area contributed by atoms with Crippen molar-refractivity contribution in [3.05, 3.63) is 40.8 Å². The van der Waals surface area contributed by atoms with Gasteiger partial charge in [0.15, 0.2) is 5.78 Å². The molecule has 122 valence electrons. The molecular formula is C18H26FNO2. The highest BCUT2D eigenvalue weighted by molar-refractivity contribution is 5.93. The number of methoxy groups -OCH3 is 1. The van der Waals surface area contributed by atoms with Crippen molar-refractivity contribution in [1.29, 1.82) is 0 Å². The average molecular weight is 307 g/mol. The second-order valence-electron chi connectivity index (χ2n) is 5.44. The fraction of sp³-hybridized carbons (Fsp3) is 0.500. The number of carbonyl (C=O) groups excluding carboxylic acids is 1. The lowest BCUT2D eigenvalue weighted by Gasteiger charge is -2.08. The molecule has 1 N–H and O–H groups in total. The SMILES string of the molecule is CNC1=C(C(C)=O)CCCCC1.COc1ccc(C)c(F)c1. The van der Waals surface area contributed by atoms with E-state index < -0.39 is 0 Å². The molecule has 4 heteroatoms. The summed E-state index contributed by atoms with van der Waals surface area (Å²) in [5.74, 6) is 0.573. The Morgan fingerprint density at radius 1 is 1.23 bits per heavy atom. The van der Waals surface area contributed by atoms with Gasteiger partial charge in [0.1, 0.15) is 11.6 Å². The Labute approximate surface area is 132 Å². The van der Waals surface area contributed by atoms with E-state index in [4.69, 9.17) is 4.74 Å². The molecule has 0 spiro atoms. The standard InChI is InChI=1S/C10H17NO.C8H9FO/c1-8(12)9-6-4-3-5-7-10(9)11-2;1-6-3-4-7(10-2)5-8(6)9/h11H,3-7H2,1-2H3;3-5H,1-2H3. The minimum absolute atomic E-state index is 0.223. The topological polar surface area (TPSA) is 38.3 Å². The number of Topliss-reactive ketones (excluding diaryl/α,β-unsaturated/α-hetero) is 1. The van der Waals surface area contributed by atoms with Gasteiger partial charge in [-0.1, -0.05) is 12.5 Å². The van der Waals surface area contributed by atoms with Crippen LogP contribution in [0.15, 0.2) is 29.5 Å². The van der Waals surface area contributed by atoms with Crippen LogP contribution in [0.25, 0.3) is 0 Å². The second-order valence-corrected chi connectivity index (χ2v) is 5.44. The first-order valence-electron chi connectivity index (χ1n) is 7.70. The summed E-state index contributed by atoms with van der Waals surface area (Å²) < 4.78 is 17.5. The summed E-state index contributed by atoms with van der Waals surface area (Å²) in [6.45, 7) is 3.38. The van der Waals surface area contributed by atoms with Crippen molar-refractivity contribution in [2.24, 2.45) is 0 Å². The number of ether oxygens (including phenoxy) is 1. The van der Waals surface area contributed by atoms with Crippen LogP contribution in [0.2, 0.25) is 0 Å². The van der Waals surface area contributed by atoms with Crippen molar-refractivity contribution in [3.8, 4) is 5.75 Å². The monoisotopic (exact) mass is 307 g/mol. The average Bonchev–Trinajstić information content (AvgIpc) is 2.76. The van der Waals surface area contributed by atoms with Crippen LogP contribution >= 0.6 is 0 Å². The van der Waals surface area contributed by atoms with Crippen molar-refractivity contribution in [2.45, 2.75) is 46.0 Å². The minimum Gasteiger partial charge on any atom is -0.497 e. The van der Waals surface area contributed by atoms with E-state index in [0.717, 1.165) is 18.4 Å². The van der Waals surface area contributed by atoms with Gasteiger partial charge in [0.25, 0.3) is 0 Å². The molecule has 2 rings (SSSR count). The van der Waals surface area contributed by atoms with Gasteiger partial charge in [-0.3, -0.25) is 4.79 Å². The third-order valence-corrected chi connectivity index (χ3v) is 3.82. The molecule has 3 nitrogen and oxygen atoms in total. The van der Waals surface area contributed by atoms with Crippen molar-refractivity contribution in [1.82, 2.24) is 5.32 Å². The Morgan fingerprint density at radius 2 is 1.91 bits per heavy atom. The van der Waals surface area contributed by atoms with Crippen LogP contribution in [0.5, 0.6) is 5.75 Å². The van der Waals surface area contributed by atoms with Crippen LogP contribution in [0.1, 0.15) is 44.6 Å². The number of benzene rings is 1. The lowest BCUT2D eigenvalue weighted by Crippen LogP contribution is -2.12. The molecule has 1 aliphatic carbocycles. The van der Waals surface area contributed by atoms with Gasteiger partial charge in [0.05, 0.1) is 7.11 Å². The molecule has 0 amide bonds. The number of hydrogen-bond acceptors (Lipinski definition) is 3. The highest BCUT2D eigenvalue weighted by atomic mass is 19.1. The number of rotatable bonds is 3. The molecule has 22 heavy (non-hydrogen) atoms. The summed E-state index contributed by atoms with van der Waals surface area (Å²) in [7, 11) is 3.42. The highest BCUT2D eigenvalue weighted by Crippen LogP contribution is 2.22. The molecule has 0 heterocycles. The maximum Gasteiger partial charge on any atom is 0.157 e. The number of ketones is 1. The van der Waals surface area contributed by atoms with Crippen molar-refractivity contribution >= 4 is 5.78 Å². The Hall–Kier alpha value is -1.84. The molecule has 0 saturated heterocycles. The van der Waals surface area contributed by atoms with Crippen molar-refractivity contribution in [3.63, 3.8) is 0 Å². The van der Waals surface area contributed by atoms with E-state index in [2.05, 4.69) is 5.32 Å². The zero-order valence-corrected chi connectivity index (χ0v) is 14.0. The largest absolute Gasteiger partial charge is 0.497 e. The molecule has 0 fully saturated rings. The third-order valence-electron chi connectivity index (χ3n) is 3.82. The molecule has 0 aliphatic heterocycles. The number of aryl methyl sites for hydroxylation is 1. The first kappa shape index (κ1) is 18.2. The normalized spacial score (nSPS) is 14.6. The lowest BCUT2D eigenvalue weighted by atomic mass is 10.1. The maximum atomic E-state index is 12.7. The summed E-state index contributed by atoms with van der Waals surface area (Å²) in [5.41, 5.74) is 2.83. The third kappa shape index (κ3) is 5.51. The first-order chi connectivity index (χ1) is 10.5. The molecule has 0 bridgehead atoms. The fourth-order valence-corrected chi connectivity index (χ4v) is 2.45. The predicted molar refractivity (Wildman–Crippen MR) is 87.5 cm³/mol. The lowest BCUT2D eigenvalue weighted by molar-refractivity contribution is -0.113. The van der Waals surface area contributed by atoms with E-state index in [9.17, 15) is 9.18 Å². The van der Waals surface area contributed by atoms with Gasteiger partial charge >= 0.3 is 0 Å². The van der Waals surface area contributed by atoms with Gasteiger partial charge in [-0.15, -0.1) is 0 Å². The quantitative estimate of drug-likeness (QED) is 0.911. The molecule has 0 atom stereocenters. The van der Waals surface area contributed by atoms with Gasteiger partial charge in [-0.25, -0.2) is 4.39 Å². The van der Waals surface area contributed by atoms with Crippen molar-refractivity contribution in [2.75, 3.05) is 14.2 Å². The zero-order valence-electron chi connectivity index (χ0n) is 14.0. The minimum atomic E-state index is -0.223. The Morgan fingerprint density at radius 3 is 2.45 bits per heavy atom. The predicted octanol–water partition coefficient (Wildman–Crippen LogP) is 4.16. The van der Waals surface area contributed by atoms with Gasteiger partial charge in [0.2, 0.25) is 0 Å². The molecule has 0 radical (unpaired) electrons. The smallest absolute Gasteiger partial charge is 0.157 e. The van der Waals surface area contributed by atoms with Crippen LogP contribution in [0.3, 0.4) is 0 Å². The van der Waals surface area contributed by atoms with E-state index in [-0.39, 0.29) is 11.6 Å². The van der Waals surface area contributed by atoms with Gasteiger partial charge < -0.3 is 10.1 Å². The molecular weight excluding hydrogens is 281 g/mol. The number of carbonyl (C=O) groups is 1. The van der Waals surface area contributed by atoms with E-state index in [1.165, 1.54) is 38.1 Å². The summed E-state index contributed by atoms with van der Waals surface area (Å²) in [6.07, 6.45) is 5.64. The summed E-state index contributed by atoms with van der Waals surface area (Å²) in [6, 6.07) is 4.79. The van der Waals surface area contributed by atoms with E-state index in [1.807, 2.05) is 7.05 Å². The summed E-state index contributed by atoms with van der Waals surface area (Å²) in [5, 5.41) is 3.13. The fourth-order valence-electron chi connectivity index (χ4n) is 2.45. The maximum absolute atomic E-state index is 12.7. The first-order valence-corrected chi connectivity index (χ1v) is 7.70. The summed E-state index contributed by atoms with van der Waals surface area (Å²) in [4.78, 5) is 11.2. The molecule has 0 unspecified atom stereocenters. The molecule has 1 aromatic carbocycles. The van der Waals surface area contributed by atoms with Gasteiger partial charge in [-0.2, -0.15) is 0 Å². The molecule has 1 aliphatic rings. The van der Waals surface area contributed by atoms with Gasteiger partial charge in [0, 0.05) is 24.4 Å². The summed E-state index contributed by atoms with van der Waals surface area (Å²) >= 11 is 0. The number of halogens is 1. The molecule has 1 aromatic rings. The van der Waals surface area contributed by atoms with Crippen molar-refractivity contribution < 1.29 is 13.9 Å². The Kier molecular flexibility index (Phi) is 7.64. The van der Waals surface area contributed by atoms with Crippen LogP contribution in [-0.2, 0) is 4.79 Å². The number of allylic oxidation sites excluding steroid dienone is 2. The zero-order chi connectivity index (χ0) is 16.5. The van der Waals surface area contributed by atoms with Crippen LogP contribution in [0.4, 0.5) is 4.39 Å². The highest BCUT2D eigenvalue weighted by Gasteiger charge is 2.13. The van der Waals surface area contributed by atoms with E-state index in [0.29, 0.717) is 11.3 Å². The Bertz CT molecular complexity index is 538. The second kappa shape index (κ2) is 9.23. The van der Waals surface area contributed by atoms with Crippen LogP contribution in [-0.4, -0.2) is 19.9 Å². The van der Waals surface area contributed by atoms with E-state index in [1.54, 1.807) is 26.0 Å².